The number of rotatable bonds is 8. The second-order valence-electron chi connectivity index (χ2n) is 5.66. The van der Waals surface area contributed by atoms with Crippen molar-refractivity contribution >= 4 is 11.7 Å². The van der Waals surface area contributed by atoms with E-state index in [1.807, 2.05) is 6.92 Å². The Morgan fingerprint density at radius 1 is 1.35 bits per heavy atom. The van der Waals surface area contributed by atoms with Crippen molar-refractivity contribution in [3.05, 3.63) is 23.8 Å². The highest BCUT2D eigenvalue weighted by Gasteiger charge is 2.20. The monoisotopic (exact) mass is 323 g/mol. The van der Waals surface area contributed by atoms with Crippen LogP contribution in [0.5, 0.6) is 5.75 Å². The van der Waals surface area contributed by atoms with E-state index in [0.29, 0.717) is 12.2 Å². The number of benzene rings is 1. The van der Waals surface area contributed by atoms with Gasteiger partial charge in [-0.05, 0) is 37.5 Å². The summed E-state index contributed by atoms with van der Waals surface area (Å²) in [4.78, 5) is 14.3. The number of aliphatic hydroxyl groups excluding tert-OH is 2. The van der Waals surface area contributed by atoms with Crippen molar-refractivity contribution in [1.82, 2.24) is 0 Å². The summed E-state index contributed by atoms with van der Waals surface area (Å²) in [5.74, 6) is 0.265. The first-order valence-corrected chi connectivity index (χ1v) is 8.13. The van der Waals surface area contributed by atoms with E-state index in [4.69, 9.17) is 14.6 Å². The second kappa shape index (κ2) is 8.74. The molecule has 23 heavy (non-hydrogen) atoms. The zero-order chi connectivity index (χ0) is 16.7. The van der Waals surface area contributed by atoms with Crippen LogP contribution in [0, 0.1) is 0 Å². The van der Waals surface area contributed by atoms with E-state index in [9.17, 15) is 9.90 Å². The topological polar surface area (TPSA) is 79.2 Å². The molecule has 2 rings (SSSR count). The van der Waals surface area contributed by atoms with E-state index in [2.05, 4.69) is 4.90 Å². The molecule has 1 fully saturated rings. The number of hydrogen-bond donors (Lipinski definition) is 2. The molecular weight excluding hydrogens is 298 g/mol. The molecule has 0 amide bonds. The lowest BCUT2D eigenvalue weighted by Gasteiger charge is -2.22. The summed E-state index contributed by atoms with van der Waals surface area (Å²) in [7, 11) is 0. The zero-order valence-electron chi connectivity index (χ0n) is 13.5. The first-order chi connectivity index (χ1) is 11.2. The highest BCUT2D eigenvalue weighted by Crippen LogP contribution is 2.32. The van der Waals surface area contributed by atoms with Gasteiger partial charge in [0, 0.05) is 13.1 Å². The van der Waals surface area contributed by atoms with E-state index < -0.39 is 18.7 Å². The lowest BCUT2D eigenvalue weighted by atomic mass is 10.1. The van der Waals surface area contributed by atoms with Gasteiger partial charge in [0.2, 0.25) is 0 Å². The summed E-state index contributed by atoms with van der Waals surface area (Å²) in [5.41, 5.74) is 1.33. The van der Waals surface area contributed by atoms with Crippen molar-refractivity contribution in [3.8, 4) is 5.75 Å². The van der Waals surface area contributed by atoms with Crippen LogP contribution in [-0.4, -0.2) is 55.2 Å². The van der Waals surface area contributed by atoms with Gasteiger partial charge in [-0.2, -0.15) is 0 Å². The van der Waals surface area contributed by atoms with Crippen LogP contribution in [0.3, 0.4) is 0 Å². The number of hydrogen-bond acceptors (Lipinski definition) is 6. The molecule has 1 heterocycles. The molecule has 2 N–H and O–H groups in total. The van der Waals surface area contributed by atoms with Gasteiger partial charge >= 0.3 is 5.97 Å². The zero-order valence-corrected chi connectivity index (χ0v) is 13.5. The van der Waals surface area contributed by atoms with Crippen molar-refractivity contribution in [1.29, 1.82) is 0 Å². The molecule has 1 aliphatic rings. The molecule has 1 atom stereocenters. The molecule has 0 saturated carbocycles. The summed E-state index contributed by atoms with van der Waals surface area (Å²) in [6.07, 6.45) is 2.13. The number of anilines is 1. The van der Waals surface area contributed by atoms with Gasteiger partial charge in [0.05, 0.1) is 24.5 Å². The number of carbonyl (C=O) groups excluding carboxylic acids is 1. The maximum absolute atomic E-state index is 12.1. The maximum atomic E-state index is 12.1. The molecule has 0 aliphatic carbocycles. The molecule has 6 nitrogen and oxygen atoms in total. The minimum Gasteiger partial charge on any atom is -0.491 e. The molecule has 1 unspecified atom stereocenters. The summed E-state index contributed by atoms with van der Waals surface area (Å²) in [6.45, 7) is 3.92. The predicted octanol–water partition coefficient (Wildman–Crippen LogP) is 1.59. The molecule has 1 aliphatic heterocycles. The van der Waals surface area contributed by atoms with Gasteiger partial charge in [-0.25, -0.2) is 4.79 Å². The smallest absolute Gasteiger partial charge is 0.338 e. The van der Waals surface area contributed by atoms with Crippen LogP contribution in [0.25, 0.3) is 0 Å². The second-order valence-corrected chi connectivity index (χ2v) is 5.66. The van der Waals surface area contributed by atoms with Gasteiger partial charge in [0.1, 0.15) is 18.5 Å². The van der Waals surface area contributed by atoms with Crippen LogP contribution in [0.2, 0.25) is 0 Å². The molecule has 1 saturated heterocycles. The maximum Gasteiger partial charge on any atom is 0.338 e. The van der Waals surface area contributed by atoms with Crippen molar-refractivity contribution < 1.29 is 24.5 Å². The average molecular weight is 323 g/mol. The molecule has 1 aromatic carbocycles. The number of nitrogens with zero attached hydrogens (tertiary/aromatic N) is 1. The first kappa shape index (κ1) is 17.6. The Kier molecular flexibility index (Phi) is 6.67. The quantitative estimate of drug-likeness (QED) is 0.707. The van der Waals surface area contributed by atoms with Gasteiger partial charge in [-0.1, -0.05) is 6.92 Å². The Labute approximate surface area is 136 Å². The van der Waals surface area contributed by atoms with Crippen molar-refractivity contribution in [3.63, 3.8) is 0 Å². The summed E-state index contributed by atoms with van der Waals surface area (Å²) in [6, 6.07) is 5.24. The van der Waals surface area contributed by atoms with E-state index in [1.54, 1.807) is 18.2 Å². The van der Waals surface area contributed by atoms with Crippen molar-refractivity contribution in [2.45, 2.75) is 32.3 Å². The normalized spacial score (nSPS) is 15.5. The van der Waals surface area contributed by atoms with Crippen LogP contribution >= 0.6 is 0 Å². The highest BCUT2D eigenvalue weighted by atomic mass is 16.5. The Morgan fingerprint density at radius 3 is 2.74 bits per heavy atom. The summed E-state index contributed by atoms with van der Waals surface area (Å²) in [5, 5.41) is 18.0. The summed E-state index contributed by atoms with van der Waals surface area (Å²) < 4.78 is 10.8. The Bertz CT molecular complexity index is 514. The fraction of sp³-hybridized carbons (Fsp3) is 0.588. The fourth-order valence-corrected chi connectivity index (χ4v) is 2.49. The lowest BCUT2D eigenvalue weighted by molar-refractivity contribution is 0.00933. The van der Waals surface area contributed by atoms with E-state index in [1.165, 1.54) is 0 Å². The van der Waals surface area contributed by atoms with Crippen molar-refractivity contribution in [2.75, 3.05) is 37.8 Å². The SMILES string of the molecule is CCCOc1ccc(C(=O)OCC(O)CO)cc1N1CCCC1. The third-order valence-electron chi connectivity index (χ3n) is 3.72. The third-order valence-corrected chi connectivity index (χ3v) is 3.72. The Hall–Kier alpha value is -1.79. The van der Waals surface area contributed by atoms with Crippen LogP contribution in [-0.2, 0) is 4.74 Å². The Morgan fingerprint density at radius 2 is 2.09 bits per heavy atom. The molecule has 1 aromatic rings. The van der Waals surface area contributed by atoms with Crippen LogP contribution in [0.15, 0.2) is 18.2 Å². The average Bonchev–Trinajstić information content (AvgIpc) is 3.11. The lowest BCUT2D eigenvalue weighted by Crippen LogP contribution is -2.22. The van der Waals surface area contributed by atoms with E-state index >= 15 is 0 Å². The minimum absolute atomic E-state index is 0.220. The van der Waals surface area contributed by atoms with Gasteiger partial charge in [-0.3, -0.25) is 0 Å². The predicted molar refractivity (Wildman–Crippen MR) is 87.1 cm³/mol. The van der Waals surface area contributed by atoms with Gasteiger partial charge < -0.3 is 24.6 Å². The van der Waals surface area contributed by atoms with Gasteiger partial charge in [0.25, 0.3) is 0 Å². The Balaban J connectivity index is 2.14. The molecule has 0 bridgehead atoms. The molecule has 0 spiro atoms. The molecule has 6 heteroatoms. The summed E-state index contributed by atoms with van der Waals surface area (Å²) >= 11 is 0. The number of esters is 1. The fourth-order valence-electron chi connectivity index (χ4n) is 2.49. The van der Waals surface area contributed by atoms with E-state index in [-0.39, 0.29) is 6.61 Å². The van der Waals surface area contributed by atoms with Gasteiger partial charge in [0.15, 0.2) is 0 Å². The number of aliphatic hydroxyl groups is 2. The molecular formula is C17H25NO5. The molecule has 128 valence electrons. The number of carbonyl (C=O) groups is 1. The third kappa shape index (κ3) is 4.84. The van der Waals surface area contributed by atoms with Gasteiger partial charge in [-0.15, -0.1) is 0 Å². The highest BCUT2D eigenvalue weighted by molar-refractivity contribution is 5.91. The van der Waals surface area contributed by atoms with Crippen molar-refractivity contribution in [2.24, 2.45) is 0 Å². The number of ether oxygens (including phenoxy) is 2. The first-order valence-electron chi connectivity index (χ1n) is 8.13. The standard InChI is InChI=1S/C17H25NO5/c1-2-9-22-16-6-5-13(17(21)23-12-14(20)11-19)10-15(16)18-7-3-4-8-18/h5-6,10,14,19-20H,2-4,7-9,11-12H2,1H3. The molecule has 0 radical (unpaired) electrons. The van der Waals surface area contributed by atoms with Crippen LogP contribution in [0.1, 0.15) is 36.5 Å². The van der Waals surface area contributed by atoms with Crippen LogP contribution < -0.4 is 9.64 Å². The largest absolute Gasteiger partial charge is 0.491 e. The molecule has 0 aromatic heterocycles. The van der Waals surface area contributed by atoms with E-state index in [0.717, 1.165) is 43.8 Å². The minimum atomic E-state index is -1.05. The van der Waals surface area contributed by atoms with Crippen LogP contribution in [0.4, 0.5) is 5.69 Å².